The maximum atomic E-state index is 11.8. The van der Waals surface area contributed by atoms with E-state index in [1.54, 1.807) is 0 Å². The zero-order valence-electron chi connectivity index (χ0n) is 12.7. The van der Waals surface area contributed by atoms with Gasteiger partial charge in [-0.15, -0.1) is 0 Å². The Bertz CT molecular complexity index is 428. The molecule has 0 spiro atoms. The summed E-state index contributed by atoms with van der Waals surface area (Å²) in [5.74, 6) is -0.211. The summed E-state index contributed by atoms with van der Waals surface area (Å²) in [6, 6.07) is 0. The first-order chi connectivity index (χ1) is 9.42. The Morgan fingerprint density at radius 3 is 2.75 bits per heavy atom. The van der Waals surface area contributed by atoms with Crippen LogP contribution < -0.4 is 5.32 Å². The molecule has 114 valence electrons. The smallest absolute Gasteiger partial charge is 0.325 e. The quantitative estimate of drug-likeness (QED) is 0.592. The van der Waals surface area contributed by atoms with Crippen LogP contribution >= 0.6 is 11.6 Å². The third kappa shape index (κ3) is 4.49. The summed E-state index contributed by atoms with van der Waals surface area (Å²) in [6.07, 6.45) is 4.42. The molecular weight excluding hydrogens is 278 g/mol. The molecule has 20 heavy (non-hydrogen) atoms. The molecule has 1 atom stereocenters. The third-order valence-electron chi connectivity index (χ3n) is 3.40. The summed E-state index contributed by atoms with van der Waals surface area (Å²) in [5.41, 5.74) is 0.236. The van der Waals surface area contributed by atoms with Crippen molar-refractivity contribution < 1.29 is 9.53 Å². The molecule has 0 saturated heterocycles. The monoisotopic (exact) mass is 301 g/mol. The Balaban J connectivity index is 2.43. The van der Waals surface area contributed by atoms with E-state index in [2.05, 4.69) is 10.4 Å². The van der Waals surface area contributed by atoms with Crippen LogP contribution in [0.4, 0.5) is 0 Å². The van der Waals surface area contributed by atoms with Gasteiger partial charge >= 0.3 is 5.97 Å². The number of aromatic nitrogens is 2. The van der Waals surface area contributed by atoms with Gasteiger partial charge in [-0.25, -0.2) is 0 Å². The molecule has 0 amide bonds. The largest absolute Gasteiger partial charge is 0.468 e. The molecule has 0 aliphatic heterocycles. The van der Waals surface area contributed by atoms with Crippen molar-refractivity contribution in [1.29, 1.82) is 0 Å². The van der Waals surface area contributed by atoms with Gasteiger partial charge in [0.15, 0.2) is 0 Å². The second-order valence-electron chi connectivity index (χ2n) is 5.14. The van der Waals surface area contributed by atoms with Gasteiger partial charge in [-0.05, 0) is 39.7 Å². The highest BCUT2D eigenvalue weighted by molar-refractivity contribution is 6.31. The van der Waals surface area contributed by atoms with Crippen LogP contribution in [0.15, 0.2) is 6.20 Å². The predicted octanol–water partition coefficient (Wildman–Crippen LogP) is 2.56. The van der Waals surface area contributed by atoms with Gasteiger partial charge in [0.1, 0.15) is 5.54 Å². The number of likely N-dealkylation sites (N-methyl/N-ethyl adjacent to an activating group) is 1. The molecule has 6 heteroatoms. The van der Waals surface area contributed by atoms with Gasteiger partial charge in [0, 0.05) is 12.7 Å². The molecule has 5 nitrogen and oxygen atoms in total. The minimum absolute atomic E-state index is 0.211. The molecule has 1 rings (SSSR count). The summed E-state index contributed by atoms with van der Waals surface area (Å²) in [5, 5.41) is 8.20. The fraction of sp³-hybridized carbons (Fsp3) is 0.714. The number of methoxy groups -OCH3 is 1. The minimum atomic E-state index is -0.610. The lowest BCUT2D eigenvalue weighted by molar-refractivity contribution is -0.148. The molecule has 1 heterocycles. The van der Waals surface area contributed by atoms with Crippen molar-refractivity contribution in [3.05, 3.63) is 16.9 Å². The highest BCUT2D eigenvalue weighted by Gasteiger charge is 2.32. The second-order valence-corrected chi connectivity index (χ2v) is 5.54. The lowest BCUT2D eigenvalue weighted by Gasteiger charge is -2.27. The number of carbonyl (C=O) groups is 1. The number of halogens is 1. The summed E-state index contributed by atoms with van der Waals surface area (Å²) >= 11 is 5.96. The van der Waals surface area contributed by atoms with Crippen molar-refractivity contribution in [3.8, 4) is 0 Å². The van der Waals surface area contributed by atoms with Gasteiger partial charge in [-0.1, -0.05) is 18.5 Å². The highest BCUT2D eigenvalue weighted by atomic mass is 35.5. The average Bonchev–Trinajstić information content (AvgIpc) is 2.73. The van der Waals surface area contributed by atoms with Crippen LogP contribution in [0.1, 0.15) is 38.8 Å². The SMILES string of the molecule is CCNC(C)(CCCCn1cc(Cl)c(C)n1)C(=O)OC. The Hall–Kier alpha value is -1.07. The second kappa shape index (κ2) is 7.64. The Kier molecular flexibility index (Phi) is 6.49. The van der Waals surface area contributed by atoms with Crippen molar-refractivity contribution in [2.24, 2.45) is 0 Å². The molecule has 0 aliphatic carbocycles. The first-order valence-corrected chi connectivity index (χ1v) is 7.33. The van der Waals surface area contributed by atoms with Gasteiger partial charge in [0.2, 0.25) is 0 Å². The first kappa shape index (κ1) is 17.0. The summed E-state index contributed by atoms with van der Waals surface area (Å²) in [6.45, 7) is 7.29. The van der Waals surface area contributed by atoms with Gasteiger partial charge in [0.05, 0.1) is 17.8 Å². The average molecular weight is 302 g/mol. The van der Waals surface area contributed by atoms with Crippen molar-refractivity contribution >= 4 is 17.6 Å². The van der Waals surface area contributed by atoms with E-state index < -0.39 is 5.54 Å². The summed E-state index contributed by atoms with van der Waals surface area (Å²) < 4.78 is 6.71. The lowest BCUT2D eigenvalue weighted by Crippen LogP contribution is -2.50. The molecular formula is C14H24ClN3O2. The van der Waals surface area contributed by atoms with Crippen molar-refractivity contribution in [1.82, 2.24) is 15.1 Å². The lowest BCUT2D eigenvalue weighted by atomic mass is 9.95. The summed E-state index contributed by atoms with van der Waals surface area (Å²) in [7, 11) is 1.42. The molecule has 0 radical (unpaired) electrons. The van der Waals surface area contributed by atoms with Gasteiger partial charge < -0.3 is 10.1 Å². The normalized spacial score (nSPS) is 14.1. The number of nitrogens with zero attached hydrogens (tertiary/aromatic N) is 2. The fourth-order valence-corrected chi connectivity index (χ4v) is 2.39. The molecule has 1 aromatic rings. The zero-order chi connectivity index (χ0) is 15.2. The van der Waals surface area contributed by atoms with E-state index in [1.165, 1.54) is 7.11 Å². The topological polar surface area (TPSA) is 56.2 Å². The number of rotatable bonds is 8. The van der Waals surface area contributed by atoms with E-state index in [-0.39, 0.29) is 5.97 Å². The van der Waals surface area contributed by atoms with Gasteiger partial charge in [-0.3, -0.25) is 9.48 Å². The number of unbranched alkanes of at least 4 members (excludes halogenated alkanes) is 1. The molecule has 0 saturated carbocycles. The Morgan fingerprint density at radius 2 is 2.25 bits per heavy atom. The zero-order valence-corrected chi connectivity index (χ0v) is 13.5. The number of ether oxygens (including phenoxy) is 1. The van der Waals surface area contributed by atoms with E-state index >= 15 is 0 Å². The van der Waals surface area contributed by atoms with E-state index in [4.69, 9.17) is 16.3 Å². The molecule has 0 fully saturated rings. The number of esters is 1. The molecule has 1 aromatic heterocycles. The van der Waals surface area contributed by atoms with E-state index in [9.17, 15) is 4.79 Å². The Labute approximate surface area is 125 Å². The van der Waals surface area contributed by atoms with Crippen molar-refractivity contribution in [2.45, 2.75) is 52.1 Å². The van der Waals surface area contributed by atoms with Crippen LogP contribution in [0.5, 0.6) is 0 Å². The van der Waals surface area contributed by atoms with Crippen LogP contribution in [-0.4, -0.2) is 34.9 Å². The maximum absolute atomic E-state index is 11.8. The van der Waals surface area contributed by atoms with Gasteiger partial charge in [-0.2, -0.15) is 5.10 Å². The van der Waals surface area contributed by atoms with Gasteiger partial charge in [0.25, 0.3) is 0 Å². The number of hydrogen-bond acceptors (Lipinski definition) is 4. The van der Waals surface area contributed by atoms with Crippen LogP contribution in [0.3, 0.4) is 0 Å². The number of carbonyl (C=O) groups excluding carboxylic acids is 1. The molecule has 1 unspecified atom stereocenters. The fourth-order valence-electron chi connectivity index (χ4n) is 2.24. The van der Waals surface area contributed by atoms with Crippen LogP contribution in [0.25, 0.3) is 0 Å². The van der Waals surface area contributed by atoms with E-state index in [0.717, 1.165) is 38.0 Å². The number of hydrogen-bond donors (Lipinski definition) is 1. The van der Waals surface area contributed by atoms with Crippen LogP contribution in [0, 0.1) is 6.92 Å². The van der Waals surface area contributed by atoms with E-state index in [1.807, 2.05) is 31.6 Å². The predicted molar refractivity (Wildman–Crippen MR) is 79.9 cm³/mol. The van der Waals surface area contributed by atoms with Crippen LogP contribution in [-0.2, 0) is 16.1 Å². The number of aryl methyl sites for hydroxylation is 2. The van der Waals surface area contributed by atoms with Crippen molar-refractivity contribution in [3.63, 3.8) is 0 Å². The minimum Gasteiger partial charge on any atom is -0.468 e. The van der Waals surface area contributed by atoms with Crippen molar-refractivity contribution in [2.75, 3.05) is 13.7 Å². The first-order valence-electron chi connectivity index (χ1n) is 6.96. The molecule has 0 aromatic carbocycles. The molecule has 1 N–H and O–H groups in total. The standard InChI is InChI=1S/C14H24ClN3O2/c1-5-16-14(3,13(19)20-4)8-6-7-9-18-10-12(15)11(2)17-18/h10,16H,5-9H2,1-4H3. The third-order valence-corrected chi connectivity index (χ3v) is 3.77. The maximum Gasteiger partial charge on any atom is 0.325 e. The van der Waals surface area contributed by atoms with Crippen LogP contribution in [0.2, 0.25) is 5.02 Å². The molecule has 0 aliphatic rings. The number of nitrogens with one attached hydrogen (secondary N) is 1. The molecule has 0 bridgehead atoms. The van der Waals surface area contributed by atoms with E-state index in [0.29, 0.717) is 5.02 Å². The summed E-state index contributed by atoms with van der Waals surface area (Å²) in [4.78, 5) is 11.8. The Morgan fingerprint density at radius 1 is 1.55 bits per heavy atom. The highest BCUT2D eigenvalue weighted by Crippen LogP contribution is 2.17.